The Morgan fingerprint density at radius 2 is 0.773 bits per heavy atom. The summed E-state index contributed by atoms with van der Waals surface area (Å²) in [6.45, 7) is 8.05. The first-order valence-electron chi connectivity index (χ1n) is 19.6. The predicted molar refractivity (Wildman–Crippen MR) is 197 cm³/mol. The SMILES string of the molecule is CCCCCCCCCCCCCCCC(=O)[PH-](C(=O)CCCCCCCCCCCCCCC)C(C)OCC[N+](C)(C)C. The van der Waals surface area contributed by atoms with E-state index in [0.717, 1.165) is 36.7 Å². The number of quaternary nitrogens is 1. The van der Waals surface area contributed by atoms with Crippen LogP contribution in [0, 0.1) is 0 Å². The number of hydrogen-bond donors (Lipinski definition) is 0. The molecular weight excluding hydrogens is 561 g/mol. The fraction of sp³-hybridized carbons (Fsp3) is 0.949. The van der Waals surface area contributed by atoms with E-state index in [1.165, 1.54) is 141 Å². The number of ether oxygens (including phenoxy) is 1. The van der Waals surface area contributed by atoms with Gasteiger partial charge in [0.15, 0.2) is 0 Å². The topological polar surface area (TPSA) is 43.4 Å². The van der Waals surface area contributed by atoms with E-state index in [-0.39, 0.29) is 16.9 Å². The van der Waals surface area contributed by atoms with Crippen molar-refractivity contribution in [2.75, 3.05) is 34.3 Å². The van der Waals surface area contributed by atoms with Gasteiger partial charge >= 0.3 is 226 Å². The van der Waals surface area contributed by atoms with Gasteiger partial charge in [0.05, 0.1) is 0 Å². The number of unbranched alkanes of at least 4 members (excludes halogenated alkanes) is 24. The fourth-order valence-corrected chi connectivity index (χ4v) is 8.47. The molecule has 264 valence electrons. The van der Waals surface area contributed by atoms with Crippen LogP contribution in [0.2, 0.25) is 0 Å². The summed E-state index contributed by atoms with van der Waals surface area (Å²) in [5, 5.41) is 0. The summed E-state index contributed by atoms with van der Waals surface area (Å²) in [5.74, 6) is -0.226. The Morgan fingerprint density at radius 3 is 1.05 bits per heavy atom. The van der Waals surface area contributed by atoms with Crippen LogP contribution in [0.15, 0.2) is 0 Å². The number of rotatable bonds is 35. The fourth-order valence-electron chi connectivity index (χ4n) is 6.07. The van der Waals surface area contributed by atoms with Crippen molar-refractivity contribution >= 4 is 19.0 Å². The van der Waals surface area contributed by atoms with Gasteiger partial charge in [-0.15, -0.1) is 0 Å². The van der Waals surface area contributed by atoms with E-state index in [1.807, 2.05) is 6.92 Å². The summed E-state index contributed by atoms with van der Waals surface area (Å²) in [6.07, 6.45) is 35.0. The second-order valence-corrected chi connectivity index (χ2v) is 17.5. The van der Waals surface area contributed by atoms with Crippen molar-refractivity contribution in [1.29, 1.82) is 0 Å². The number of likely N-dealkylation sites (N-methyl/N-ethyl adjacent to an activating group) is 1. The van der Waals surface area contributed by atoms with Crippen LogP contribution in [0.4, 0.5) is 0 Å². The van der Waals surface area contributed by atoms with Crippen LogP contribution in [-0.2, 0) is 14.3 Å². The normalized spacial score (nSPS) is 12.9. The predicted octanol–water partition coefficient (Wildman–Crippen LogP) is 12.3. The average Bonchev–Trinajstić information content (AvgIpc) is 2.97. The van der Waals surface area contributed by atoms with Gasteiger partial charge in [0.1, 0.15) is 0 Å². The molecule has 0 aromatic heterocycles. The molecule has 0 aliphatic heterocycles. The van der Waals surface area contributed by atoms with Crippen molar-refractivity contribution in [2.24, 2.45) is 0 Å². The van der Waals surface area contributed by atoms with Crippen molar-refractivity contribution in [2.45, 2.75) is 206 Å². The number of hydrogen-bond acceptors (Lipinski definition) is 3. The standard InChI is InChI=1S/C39H80NO3P/c1-7-9-11-13-15-17-19-21-23-25-27-29-31-33-38(41)44(37(3)43-36-35-40(4,5)6)39(42)34-32-30-28-26-24-22-20-18-16-14-12-10-8-2/h37,44H,7-36H2,1-6H3. The Morgan fingerprint density at radius 1 is 0.500 bits per heavy atom. The van der Waals surface area contributed by atoms with Crippen LogP contribution >= 0.6 is 7.92 Å². The maximum atomic E-state index is 13.4. The zero-order valence-electron chi connectivity index (χ0n) is 31.0. The van der Waals surface area contributed by atoms with Crippen molar-refractivity contribution < 1.29 is 18.8 Å². The molecule has 0 saturated carbocycles. The van der Waals surface area contributed by atoms with Gasteiger partial charge in [-0.05, 0) is 0 Å². The van der Waals surface area contributed by atoms with E-state index in [0.29, 0.717) is 19.4 Å². The van der Waals surface area contributed by atoms with Gasteiger partial charge in [-0.25, -0.2) is 0 Å². The Labute approximate surface area is 278 Å². The zero-order valence-corrected chi connectivity index (χ0v) is 32.0. The molecule has 1 atom stereocenters. The minimum atomic E-state index is -1.83. The molecule has 4 nitrogen and oxygen atoms in total. The molecule has 5 heteroatoms. The molecule has 0 radical (unpaired) electrons. The maximum absolute atomic E-state index is 13.4. The summed E-state index contributed by atoms with van der Waals surface area (Å²) < 4.78 is 6.98. The van der Waals surface area contributed by atoms with Crippen LogP contribution in [0.3, 0.4) is 0 Å². The van der Waals surface area contributed by atoms with Gasteiger partial charge in [0.2, 0.25) is 0 Å². The number of carbonyl (C=O) groups is 2. The van der Waals surface area contributed by atoms with E-state index in [4.69, 9.17) is 4.74 Å². The Balaban J connectivity index is 4.27. The molecule has 0 N–H and O–H groups in total. The molecule has 1 unspecified atom stereocenters. The van der Waals surface area contributed by atoms with E-state index in [1.54, 1.807) is 0 Å². The third-order valence-electron chi connectivity index (χ3n) is 9.15. The third-order valence-corrected chi connectivity index (χ3v) is 11.8. The molecule has 0 aliphatic rings. The second kappa shape index (κ2) is 31.3. The van der Waals surface area contributed by atoms with Gasteiger partial charge < -0.3 is 0 Å². The molecule has 0 rings (SSSR count). The molecule has 0 fully saturated rings. The Kier molecular flexibility index (Phi) is 31.1. The average molecular weight is 642 g/mol. The first-order chi connectivity index (χ1) is 21.2. The third kappa shape index (κ3) is 29.1. The first-order valence-corrected chi connectivity index (χ1v) is 21.2. The summed E-state index contributed by atoms with van der Waals surface area (Å²) >= 11 is 0. The molecule has 0 heterocycles. The monoisotopic (exact) mass is 642 g/mol. The van der Waals surface area contributed by atoms with Crippen LogP contribution in [0.5, 0.6) is 0 Å². The minimum absolute atomic E-state index is 0.218. The zero-order chi connectivity index (χ0) is 32.7. The molecule has 44 heavy (non-hydrogen) atoms. The van der Waals surface area contributed by atoms with Gasteiger partial charge in [-0.1, -0.05) is 52.4 Å². The van der Waals surface area contributed by atoms with Crippen molar-refractivity contribution in [1.82, 2.24) is 0 Å². The molecule has 0 aliphatic carbocycles. The molecule has 0 aromatic carbocycles. The van der Waals surface area contributed by atoms with Gasteiger partial charge in [0, 0.05) is 0 Å². The molecule has 0 bridgehead atoms. The molecule has 0 aromatic rings. The summed E-state index contributed by atoms with van der Waals surface area (Å²) in [5.41, 5.74) is 0.436. The molecule has 0 spiro atoms. The van der Waals surface area contributed by atoms with E-state index in [2.05, 4.69) is 35.0 Å². The van der Waals surface area contributed by atoms with Gasteiger partial charge in [-0.2, -0.15) is 0 Å². The van der Waals surface area contributed by atoms with Crippen molar-refractivity contribution in [3.63, 3.8) is 0 Å². The second-order valence-electron chi connectivity index (χ2n) is 14.8. The summed E-state index contributed by atoms with van der Waals surface area (Å²) in [4.78, 5) is 26.7. The van der Waals surface area contributed by atoms with Gasteiger partial charge in [-0.3, -0.25) is 0 Å². The first kappa shape index (κ1) is 43.7. The summed E-state index contributed by atoms with van der Waals surface area (Å²) in [6, 6.07) is 0. The van der Waals surface area contributed by atoms with E-state index >= 15 is 0 Å². The molecule has 0 amide bonds. The van der Waals surface area contributed by atoms with E-state index < -0.39 is 7.92 Å². The Bertz CT molecular complexity index is 606. The van der Waals surface area contributed by atoms with E-state index in [9.17, 15) is 9.59 Å². The van der Waals surface area contributed by atoms with Crippen LogP contribution in [0.25, 0.3) is 0 Å². The van der Waals surface area contributed by atoms with Crippen molar-refractivity contribution in [3.05, 3.63) is 0 Å². The number of nitrogens with zero attached hydrogens (tertiary/aromatic N) is 1. The van der Waals surface area contributed by atoms with Crippen molar-refractivity contribution in [3.8, 4) is 0 Å². The summed E-state index contributed by atoms with van der Waals surface area (Å²) in [7, 11) is 4.62. The molecule has 0 saturated heterocycles. The van der Waals surface area contributed by atoms with Gasteiger partial charge in [0.25, 0.3) is 0 Å². The van der Waals surface area contributed by atoms with Crippen LogP contribution < -0.4 is 0 Å². The van der Waals surface area contributed by atoms with Crippen LogP contribution in [-0.4, -0.2) is 55.7 Å². The Hall–Kier alpha value is -0.310. The molecular formula is C39H80NO3P. The number of carbonyl (C=O) groups excluding carboxylic acids is 2. The quantitative estimate of drug-likeness (QED) is 0.0393. The van der Waals surface area contributed by atoms with Crippen LogP contribution in [0.1, 0.15) is 201 Å².